The van der Waals surface area contributed by atoms with Crippen molar-refractivity contribution in [3.8, 4) is 5.69 Å². The summed E-state index contributed by atoms with van der Waals surface area (Å²) < 4.78 is 2.01. The van der Waals surface area contributed by atoms with Gasteiger partial charge in [-0.15, -0.1) is 0 Å². The van der Waals surface area contributed by atoms with Gasteiger partial charge in [0, 0.05) is 29.5 Å². The number of thioether (sulfide) groups is 1. The smallest absolute Gasteiger partial charge is 0.324 e. The van der Waals surface area contributed by atoms with E-state index in [1.165, 1.54) is 0 Å². The van der Waals surface area contributed by atoms with Crippen molar-refractivity contribution in [2.45, 2.75) is 0 Å². The molecular formula is C14H14N4OS. The van der Waals surface area contributed by atoms with Crippen molar-refractivity contribution in [3.05, 3.63) is 48.8 Å². The van der Waals surface area contributed by atoms with Crippen molar-refractivity contribution in [1.29, 1.82) is 0 Å². The molecule has 0 spiro atoms. The number of hydrogen-bond acceptors (Lipinski definition) is 3. The molecule has 2 heterocycles. The number of urea groups is 1. The maximum absolute atomic E-state index is 11.8. The number of amidine groups is 1. The molecule has 2 N–H and O–H groups in total. The number of aromatic nitrogens is 1. The summed E-state index contributed by atoms with van der Waals surface area (Å²) in [5.74, 6) is 0.932. The standard InChI is InChI=1S/C14H14N4OS/c19-13(17-14-15-7-10-20-14)16-11-3-5-12(6-4-11)18-8-1-2-9-18/h1-6,8-9H,7,10H2,(H2,15,16,17,19). The highest BCUT2D eigenvalue weighted by Gasteiger charge is 2.10. The van der Waals surface area contributed by atoms with E-state index in [1.807, 2.05) is 53.4 Å². The molecule has 0 radical (unpaired) electrons. The van der Waals surface area contributed by atoms with Crippen molar-refractivity contribution in [1.82, 2.24) is 9.88 Å². The molecular weight excluding hydrogens is 272 g/mol. The molecule has 0 fully saturated rings. The van der Waals surface area contributed by atoms with Gasteiger partial charge in [0.2, 0.25) is 0 Å². The predicted molar refractivity (Wildman–Crippen MR) is 82.7 cm³/mol. The third-order valence-electron chi connectivity index (χ3n) is 2.83. The first-order chi connectivity index (χ1) is 9.81. The Morgan fingerprint density at radius 1 is 1.15 bits per heavy atom. The number of nitrogens with zero attached hydrogens (tertiary/aromatic N) is 2. The Labute approximate surface area is 121 Å². The molecule has 0 bridgehead atoms. The summed E-state index contributed by atoms with van der Waals surface area (Å²) in [7, 11) is 0. The summed E-state index contributed by atoms with van der Waals surface area (Å²) in [5, 5.41) is 6.20. The van der Waals surface area contributed by atoms with E-state index < -0.39 is 0 Å². The lowest BCUT2D eigenvalue weighted by Gasteiger charge is -2.08. The Kier molecular flexibility index (Phi) is 3.73. The quantitative estimate of drug-likeness (QED) is 0.891. The molecule has 2 amide bonds. The molecule has 1 aliphatic heterocycles. The molecule has 3 rings (SSSR count). The Morgan fingerprint density at radius 3 is 2.55 bits per heavy atom. The second kappa shape index (κ2) is 5.83. The monoisotopic (exact) mass is 286 g/mol. The van der Waals surface area contributed by atoms with Crippen LogP contribution < -0.4 is 10.6 Å². The average molecular weight is 286 g/mol. The van der Waals surface area contributed by atoms with Gasteiger partial charge in [-0.05, 0) is 36.4 Å². The van der Waals surface area contributed by atoms with Crippen LogP contribution in [-0.4, -0.2) is 28.1 Å². The fourth-order valence-electron chi connectivity index (χ4n) is 1.89. The normalized spacial score (nSPS) is 13.9. The minimum absolute atomic E-state index is 0.258. The number of rotatable bonds is 2. The van der Waals surface area contributed by atoms with E-state index in [0.29, 0.717) is 5.17 Å². The van der Waals surface area contributed by atoms with Gasteiger partial charge in [-0.2, -0.15) is 0 Å². The van der Waals surface area contributed by atoms with Crippen molar-refractivity contribution in [3.63, 3.8) is 0 Å². The van der Waals surface area contributed by atoms with Crippen molar-refractivity contribution in [2.75, 3.05) is 17.6 Å². The summed E-state index contributed by atoms with van der Waals surface area (Å²) in [6.45, 7) is 0.770. The predicted octanol–water partition coefficient (Wildman–Crippen LogP) is 2.70. The maximum Gasteiger partial charge on any atom is 0.325 e. The zero-order chi connectivity index (χ0) is 13.8. The zero-order valence-electron chi connectivity index (χ0n) is 10.7. The lowest BCUT2D eigenvalue weighted by Crippen LogP contribution is -2.31. The minimum atomic E-state index is -0.258. The fourth-order valence-corrected chi connectivity index (χ4v) is 2.62. The number of hydrogen-bond donors (Lipinski definition) is 2. The van der Waals surface area contributed by atoms with Crippen molar-refractivity contribution in [2.24, 2.45) is 4.99 Å². The lowest BCUT2D eigenvalue weighted by atomic mass is 10.3. The van der Waals surface area contributed by atoms with Gasteiger partial charge in [0.25, 0.3) is 0 Å². The van der Waals surface area contributed by atoms with Gasteiger partial charge in [0.15, 0.2) is 5.17 Å². The van der Waals surface area contributed by atoms with Gasteiger partial charge < -0.3 is 9.88 Å². The number of amides is 2. The molecule has 20 heavy (non-hydrogen) atoms. The second-order valence-electron chi connectivity index (χ2n) is 4.25. The molecule has 1 aromatic carbocycles. The number of anilines is 1. The van der Waals surface area contributed by atoms with Crippen LogP contribution in [0.4, 0.5) is 10.5 Å². The number of aliphatic imine (C=N–C) groups is 1. The lowest BCUT2D eigenvalue weighted by molar-refractivity contribution is 0.256. The summed E-state index contributed by atoms with van der Waals surface area (Å²) in [6.07, 6.45) is 3.95. The van der Waals surface area contributed by atoms with E-state index in [2.05, 4.69) is 15.6 Å². The Bertz CT molecular complexity index is 619. The van der Waals surface area contributed by atoms with Gasteiger partial charge in [0.1, 0.15) is 0 Å². The Balaban J connectivity index is 1.61. The van der Waals surface area contributed by atoms with Crippen LogP contribution in [0, 0.1) is 0 Å². The third kappa shape index (κ3) is 3.03. The van der Waals surface area contributed by atoms with Crippen molar-refractivity contribution < 1.29 is 4.79 Å². The van der Waals surface area contributed by atoms with E-state index in [4.69, 9.17) is 0 Å². The first kappa shape index (κ1) is 12.8. The van der Waals surface area contributed by atoms with Crippen LogP contribution >= 0.6 is 11.8 Å². The van der Waals surface area contributed by atoms with Crippen LogP contribution in [0.1, 0.15) is 0 Å². The number of nitrogens with one attached hydrogen (secondary N) is 2. The molecule has 1 aromatic heterocycles. The Morgan fingerprint density at radius 2 is 1.90 bits per heavy atom. The van der Waals surface area contributed by atoms with Crippen LogP contribution in [0.25, 0.3) is 5.69 Å². The molecule has 1 aliphatic rings. The van der Waals surface area contributed by atoms with Gasteiger partial charge in [0.05, 0.1) is 6.54 Å². The second-order valence-corrected chi connectivity index (χ2v) is 5.34. The first-order valence-electron chi connectivity index (χ1n) is 6.30. The highest BCUT2D eigenvalue weighted by Crippen LogP contribution is 2.14. The SMILES string of the molecule is O=C(NC1=NCCS1)Nc1ccc(-n2cccc2)cc1. The molecule has 5 nitrogen and oxygen atoms in total. The van der Waals surface area contributed by atoms with E-state index >= 15 is 0 Å². The molecule has 6 heteroatoms. The molecule has 102 valence electrons. The van der Waals surface area contributed by atoms with Crippen LogP contribution in [0.2, 0.25) is 0 Å². The summed E-state index contributed by atoms with van der Waals surface area (Å²) in [5.41, 5.74) is 1.80. The number of carbonyl (C=O) groups is 1. The zero-order valence-corrected chi connectivity index (χ0v) is 11.6. The van der Waals surface area contributed by atoms with E-state index in [-0.39, 0.29) is 6.03 Å². The highest BCUT2D eigenvalue weighted by atomic mass is 32.2. The molecule has 0 atom stereocenters. The van der Waals surface area contributed by atoms with Gasteiger partial charge in [-0.25, -0.2) is 4.79 Å². The highest BCUT2D eigenvalue weighted by molar-refractivity contribution is 8.14. The maximum atomic E-state index is 11.8. The summed E-state index contributed by atoms with van der Waals surface area (Å²) in [6, 6.07) is 11.3. The van der Waals surface area contributed by atoms with Crippen LogP contribution in [-0.2, 0) is 0 Å². The summed E-state index contributed by atoms with van der Waals surface area (Å²) >= 11 is 1.56. The van der Waals surface area contributed by atoms with Gasteiger partial charge in [-0.1, -0.05) is 11.8 Å². The fraction of sp³-hybridized carbons (Fsp3) is 0.143. The molecule has 0 unspecified atom stereocenters. The average Bonchev–Trinajstić information content (AvgIpc) is 3.12. The van der Waals surface area contributed by atoms with Crippen molar-refractivity contribution >= 4 is 28.6 Å². The van der Waals surface area contributed by atoms with Gasteiger partial charge >= 0.3 is 6.03 Å². The number of benzene rings is 1. The summed E-state index contributed by atoms with van der Waals surface area (Å²) in [4.78, 5) is 15.9. The number of carbonyl (C=O) groups excluding carboxylic acids is 1. The third-order valence-corrected chi connectivity index (χ3v) is 3.73. The van der Waals surface area contributed by atoms with E-state index in [0.717, 1.165) is 23.7 Å². The molecule has 2 aromatic rings. The van der Waals surface area contributed by atoms with E-state index in [9.17, 15) is 4.79 Å². The molecule has 0 saturated heterocycles. The van der Waals surface area contributed by atoms with Crippen LogP contribution in [0.15, 0.2) is 53.8 Å². The van der Waals surface area contributed by atoms with Crippen LogP contribution in [0.5, 0.6) is 0 Å². The van der Waals surface area contributed by atoms with Gasteiger partial charge in [-0.3, -0.25) is 10.3 Å². The topological polar surface area (TPSA) is 58.4 Å². The Hall–Kier alpha value is -2.21. The minimum Gasteiger partial charge on any atom is -0.324 e. The molecule has 0 saturated carbocycles. The first-order valence-corrected chi connectivity index (χ1v) is 7.28. The van der Waals surface area contributed by atoms with E-state index in [1.54, 1.807) is 11.8 Å². The largest absolute Gasteiger partial charge is 0.325 e. The molecule has 0 aliphatic carbocycles. The van der Waals surface area contributed by atoms with Crippen LogP contribution in [0.3, 0.4) is 0 Å².